The van der Waals surface area contributed by atoms with Gasteiger partial charge in [-0.15, -0.1) is 0 Å². The summed E-state index contributed by atoms with van der Waals surface area (Å²) in [4.78, 5) is 0. The van der Waals surface area contributed by atoms with Crippen LogP contribution in [0.3, 0.4) is 0 Å². The van der Waals surface area contributed by atoms with Crippen LogP contribution in [-0.2, 0) is 16.1 Å². The van der Waals surface area contributed by atoms with Crippen molar-refractivity contribution in [3.05, 3.63) is 35.9 Å². The molecule has 1 atom stereocenters. The number of benzene rings is 1. The maximum atomic E-state index is 5.42. The van der Waals surface area contributed by atoms with Crippen molar-refractivity contribution in [1.29, 1.82) is 0 Å². The van der Waals surface area contributed by atoms with Crippen molar-refractivity contribution in [2.24, 2.45) is 0 Å². The van der Waals surface area contributed by atoms with Gasteiger partial charge in [-0.25, -0.2) is 0 Å². The first kappa shape index (κ1) is 16.6. The van der Waals surface area contributed by atoms with Crippen LogP contribution in [0.5, 0.6) is 0 Å². The standard InChI is InChI=1S/C10H12O2.C2H6.I2/c1-2-4-9(5-3-1)6-11-7-10-8-12-10;2*1-2/h1-5,10H,6-8H2;1-2H3;. The highest BCUT2D eigenvalue weighted by molar-refractivity contribution is 15.0. The molecule has 0 aliphatic carbocycles. The normalized spacial score (nSPS) is 16.4. The monoisotopic (exact) mass is 448 g/mol. The maximum absolute atomic E-state index is 5.42. The van der Waals surface area contributed by atoms with E-state index in [1.165, 1.54) is 5.56 Å². The summed E-state index contributed by atoms with van der Waals surface area (Å²) in [7, 11) is 0. The van der Waals surface area contributed by atoms with Gasteiger partial charge in [0.1, 0.15) is 6.10 Å². The number of rotatable bonds is 4. The average Bonchev–Trinajstić information content (AvgIpc) is 3.20. The van der Waals surface area contributed by atoms with E-state index < -0.39 is 0 Å². The minimum absolute atomic E-state index is 0.369. The third kappa shape index (κ3) is 8.72. The van der Waals surface area contributed by atoms with Gasteiger partial charge in [0.2, 0.25) is 0 Å². The zero-order chi connectivity index (χ0) is 12.2. The Morgan fingerprint density at radius 2 is 1.81 bits per heavy atom. The molecule has 0 saturated carbocycles. The highest BCUT2D eigenvalue weighted by Crippen LogP contribution is 2.10. The Morgan fingerprint density at radius 3 is 2.31 bits per heavy atom. The van der Waals surface area contributed by atoms with Crippen LogP contribution in [0.1, 0.15) is 19.4 Å². The molecule has 0 aromatic heterocycles. The molecular formula is C12H18I2O2. The molecular weight excluding hydrogens is 430 g/mol. The van der Waals surface area contributed by atoms with Gasteiger partial charge in [-0.05, 0) is 5.56 Å². The first-order chi connectivity index (χ1) is 7.95. The Labute approximate surface area is 121 Å². The van der Waals surface area contributed by atoms with Gasteiger partial charge in [0.15, 0.2) is 0 Å². The molecule has 0 bridgehead atoms. The second kappa shape index (κ2) is 12.1. The molecule has 16 heavy (non-hydrogen) atoms. The van der Waals surface area contributed by atoms with E-state index in [0.29, 0.717) is 12.7 Å². The van der Waals surface area contributed by atoms with Crippen LogP contribution < -0.4 is 0 Å². The third-order valence-corrected chi connectivity index (χ3v) is 1.82. The van der Waals surface area contributed by atoms with Crippen molar-refractivity contribution in [3.8, 4) is 0 Å². The predicted molar refractivity (Wildman–Crippen MR) is 85.2 cm³/mol. The van der Waals surface area contributed by atoms with E-state index in [2.05, 4.69) is 49.4 Å². The fraction of sp³-hybridized carbons (Fsp3) is 0.500. The zero-order valence-electron chi connectivity index (χ0n) is 9.66. The molecule has 1 fully saturated rings. The molecule has 0 radical (unpaired) electrons. The second-order valence-corrected chi connectivity index (χ2v) is 2.96. The van der Waals surface area contributed by atoms with Crippen molar-refractivity contribution in [2.75, 3.05) is 13.2 Å². The number of hydrogen-bond acceptors (Lipinski definition) is 2. The lowest BCUT2D eigenvalue weighted by atomic mass is 10.2. The smallest absolute Gasteiger partial charge is 0.104 e. The summed E-state index contributed by atoms with van der Waals surface area (Å²) in [5, 5.41) is 0. The van der Waals surface area contributed by atoms with Gasteiger partial charge in [0.05, 0.1) is 19.8 Å². The Morgan fingerprint density at radius 1 is 1.25 bits per heavy atom. The molecule has 0 amide bonds. The fourth-order valence-corrected chi connectivity index (χ4v) is 1.05. The highest BCUT2D eigenvalue weighted by atomic mass is 128. The molecule has 0 spiro atoms. The molecule has 92 valence electrons. The van der Waals surface area contributed by atoms with Crippen LogP contribution >= 0.6 is 37.2 Å². The fourth-order valence-electron chi connectivity index (χ4n) is 1.05. The molecule has 1 saturated heterocycles. The average molecular weight is 448 g/mol. The van der Waals surface area contributed by atoms with Crippen LogP contribution in [0.4, 0.5) is 0 Å². The van der Waals surface area contributed by atoms with Crippen LogP contribution in [0.15, 0.2) is 30.3 Å². The lowest BCUT2D eigenvalue weighted by Crippen LogP contribution is -2.00. The molecule has 1 aromatic rings. The Hall–Kier alpha value is 0.600. The number of hydrogen-bond donors (Lipinski definition) is 0. The Kier molecular flexibility index (Phi) is 12.5. The van der Waals surface area contributed by atoms with E-state index in [9.17, 15) is 0 Å². The summed E-state index contributed by atoms with van der Waals surface area (Å²) in [5.41, 5.74) is 1.22. The Bertz CT molecular complexity index is 238. The molecule has 2 nitrogen and oxygen atoms in total. The topological polar surface area (TPSA) is 21.8 Å². The van der Waals surface area contributed by atoms with Crippen molar-refractivity contribution in [1.82, 2.24) is 0 Å². The van der Waals surface area contributed by atoms with E-state index >= 15 is 0 Å². The quantitative estimate of drug-likeness (QED) is 0.504. The summed E-state index contributed by atoms with van der Waals surface area (Å²) in [6.45, 7) is 6.30. The number of ether oxygens (including phenoxy) is 2. The van der Waals surface area contributed by atoms with E-state index in [1.54, 1.807) is 0 Å². The van der Waals surface area contributed by atoms with Gasteiger partial charge >= 0.3 is 0 Å². The molecule has 0 N–H and O–H groups in total. The molecule has 2 rings (SSSR count). The van der Waals surface area contributed by atoms with Gasteiger partial charge in [-0.2, -0.15) is 0 Å². The molecule has 1 unspecified atom stereocenters. The predicted octanol–water partition coefficient (Wildman–Crippen LogP) is 4.40. The lowest BCUT2D eigenvalue weighted by molar-refractivity contribution is 0.104. The molecule has 1 aliphatic rings. The molecule has 1 heterocycles. The van der Waals surface area contributed by atoms with Crippen LogP contribution in [-0.4, -0.2) is 19.3 Å². The molecule has 1 aromatic carbocycles. The molecule has 4 heteroatoms. The van der Waals surface area contributed by atoms with Crippen molar-refractivity contribution < 1.29 is 9.47 Å². The van der Waals surface area contributed by atoms with Crippen LogP contribution in [0.2, 0.25) is 0 Å². The van der Waals surface area contributed by atoms with Crippen LogP contribution in [0.25, 0.3) is 0 Å². The van der Waals surface area contributed by atoms with E-state index in [4.69, 9.17) is 9.47 Å². The van der Waals surface area contributed by atoms with E-state index in [-0.39, 0.29) is 0 Å². The second-order valence-electron chi connectivity index (χ2n) is 2.96. The third-order valence-electron chi connectivity index (χ3n) is 1.82. The summed E-state index contributed by atoms with van der Waals surface area (Å²) in [6, 6.07) is 10.2. The summed E-state index contributed by atoms with van der Waals surface area (Å²) < 4.78 is 10.4. The van der Waals surface area contributed by atoms with E-state index in [1.807, 2.05) is 32.0 Å². The minimum atomic E-state index is 0.369. The van der Waals surface area contributed by atoms with Crippen molar-refractivity contribution in [2.45, 2.75) is 26.6 Å². The summed E-state index contributed by atoms with van der Waals surface area (Å²) >= 11 is 4.24. The Balaban J connectivity index is 0.000000509. The highest BCUT2D eigenvalue weighted by Gasteiger charge is 2.21. The van der Waals surface area contributed by atoms with Crippen LogP contribution in [0, 0.1) is 0 Å². The minimum Gasteiger partial charge on any atom is -0.374 e. The maximum Gasteiger partial charge on any atom is 0.104 e. The van der Waals surface area contributed by atoms with Gasteiger partial charge in [0.25, 0.3) is 0 Å². The SMILES string of the molecule is CC.II.c1ccc(COCC2CO2)cc1. The summed E-state index contributed by atoms with van der Waals surface area (Å²) in [6.07, 6.45) is 0.369. The van der Waals surface area contributed by atoms with E-state index in [0.717, 1.165) is 13.2 Å². The number of epoxide rings is 1. The lowest BCUT2D eigenvalue weighted by Gasteiger charge is -2.00. The summed E-state index contributed by atoms with van der Waals surface area (Å²) in [5.74, 6) is 0. The van der Waals surface area contributed by atoms with Gasteiger partial charge in [0, 0.05) is 37.2 Å². The number of halogens is 2. The van der Waals surface area contributed by atoms with Crippen molar-refractivity contribution >= 4 is 37.2 Å². The first-order valence-electron chi connectivity index (χ1n) is 5.33. The zero-order valence-corrected chi connectivity index (χ0v) is 14.0. The molecule has 1 aliphatic heterocycles. The van der Waals surface area contributed by atoms with Gasteiger partial charge in [-0.3, -0.25) is 0 Å². The van der Waals surface area contributed by atoms with Gasteiger partial charge < -0.3 is 9.47 Å². The first-order valence-corrected chi connectivity index (χ1v) is 11.6. The van der Waals surface area contributed by atoms with Gasteiger partial charge in [-0.1, -0.05) is 44.2 Å². The van der Waals surface area contributed by atoms with Crippen molar-refractivity contribution in [3.63, 3.8) is 0 Å². The largest absolute Gasteiger partial charge is 0.374 e.